The molecule has 0 aliphatic carbocycles. The second kappa shape index (κ2) is 12.6. The van der Waals surface area contributed by atoms with Crippen molar-refractivity contribution >= 4 is 80.9 Å². The van der Waals surface area contributed by atoms with Gasteiger partial charge in [-0.2, -0.15) is 0 Å². The molecule has 0 aliphatic heterocycles. The van der Waals surface area contributed by atoms with Crippen molar-refractivity contribution in [1.29, 1.82) is 0 Å². The summed E-state index contributed by atoms with van der Waals surface area (Å²) in [5.74, 6) is 0. The van der Waals surface area contributed by atoms with Gasteiger partial charge in [-0.1, -0.05) is 0 Å². The van der Waals surface area contributed by atoms with Crippen LogP contribution in [0.2, 0.25) is 0 Å². The summed E-state index contributed by atoms with van der Waals surface area (Å²) < 4.78 is 25.9. The molecule has 0 unspecified atom stereocenters. The molecule has 0 aliphatic rings. The van der Waals surface area contributed by atoms with E-state index in [1.165, 1.54) is 0 Å². The summed E-state index contributed by atoms with van der Waals surface area (Å²) in [7, 11) is -10.3. The molecule has 0 heterocycles. The fourth-order valence-corrected chi connectivity index (χ4v) is 0.733. The van der Waals surface area contributed by atoms with Gasteiger partial charge < -0.3 is 9.05 Å². The van der Waals surface area contributed by atoms with E-state index in [4.69, 9.17) is 19.6 Å². The van der Waals surface area contributed by atoms with Gasteiger partial charge in [-0.3, -0.25) is 19.6 Å². The first-order valence-electron chi connectivity index (χ1n) is 2.14. The van der Waals surface area contributed by atoms with E-state index in [9.17, 15) is 13.9 Å². The first-order valence-corrected chi connectivity index (χ1v) is 5.20. The van der Waals surface area contributed by atoms with E-state index in [-0.39, 0.29) is 92.1 Å². The number of phosphoric ester groups is 2. The van der Waals surface area contributed by atoms with Gasteiger partial charge in [-0.05, 0) is 0 Å². The van der Waals surface area contributed by atoms with E-state index in [1.807, 2.05) is 0 Å². The molecular formula is CH6Na2Ni2O9P2. The first kappa shape index (κ1) is 31.1. The van der Waals surface area contributed by atoms with Gasteiger partial charge in [-0.25, -0.2) is 13.9 Å². The van der Waals surface area contributed by atoms with E-state index < -0.39 is 21.8 Å². The summed E-state index contributed by atoms with van der Waals surface area (Å²) in [4.78, 5) is 41.7. The van der Waals surface area contributed by atoms with Crippen LogP contribution in [-0.4, -0.2) is 84.8 Å². The van der Waals surface area contributed by atoms with Crippen molar-refractivity contribution in [2.75, 3.05) is 0 Å². The SMILES string of the molecule is O=C(OP(=O)(O)O)OP(=O)(O)O.[NaH].[NaH].[Ni].[Ni]. The summed E-state index contributed by atoms with van der Waals surface area (Å²) in [5.41, 5.74) is 0. The average Bonchev–Trinajstić information content (AvgIpc) is 1.49. The molecule has 0 spiro atoms. The van der Waals surface area contributed by atoms with Gasteiger partial charge in [0.05, 0.1) is 0 Å². The second-order valence-electron chi connectivity index (χ2n) is 1.41. The van der Waals surface area contributed by atoms with Crippen LogP contribution in [0.25, 0.3) is 0 Å². The summed E-state index contributed by atoms with van der Waals surface area (Å²) in [6.07, 6.45) is -2.14. The molecule has 0 aromatic rings. The Morgan fingerprint density at radius 2 is 1.00 bits per heavy atom. The predicted octanol–water partition coefficient (Wildman–Crippen LogP) is -1.98. The molecule has 0 amide bonds. The Bertz CT molecular complexity index is 245. The van der Waals surface area contributed by atoms with Gasteiger partial charge >= 0.3 is 80.9 Å². The normalized spacial score (nSPS) is 9.25. The Hall–Kier alpha value is 2.56. The van der Waals surface area contributed by atoms with Gasteiger partial charge in [0.1, 0.15) is 0 Å². The Labute approximate surface area is 154 Å². The fraction of sp³-hybridized carbons (Fsp3) is 0. The van der Waals surface area contributed by atoms with Crippen LogP contribution in [0.4, 0.5) is 4.79 Å². The zero-order valence-corrected chi connectivity index (χ0v) is 9.62. The predicted molar refractivity (Wildman–Crippen MR) is 46.0 cm³/mol. The standard InChI is InChI=1S/CH4O9P2.2Na.2Ni.2H/c2-1(9-11(3,4)5)10-12(6,7)8;;;;;;/h(H2,3,4,5)(H2,6,7,8);;;;;;. The minimum Gasteiger partial charge on any atom is 0 e. The van der Waals surface area contributed by atoms with Gasteiger partial charge in [0.25, 0.3) is 0 Å². The molecule has 0 saturated heterocycles. The van der Waals surface area contributed by atoms with Crippen LogP contribution < -0.4 is 0 Å². The molecule has 0 rings (SSSR count). The molecule has 0 aromatic carbocycles. The van der Waals surface area contributed by atoms with Crippen molar-refractivity contribution in [3.63, 3.8) is 0 Å². The monoisotopic (exact) mass is 386 g/mol. The van der Waals surface area contributed by atoms with Crippen LogP contribution in [-0.2, 0) is 51.2 Å². The third kappa shape index (κ3) is 25.4. The molecule has 9 nitrogen and oxygen atoms in total. The molecular weight excluding hydrogens is 381 g/mol. The van der Waals surface area contributed by atoms with E-state index in [0.29, 0.717) is 0 Å². The molecule has 0 radical (unpaired) electrons. The van der Waals surface area contributed by atoms with Crippen molar-refractivity contribution in [2.45, 2.75) is 0 Å². The molecule has 0 fully saturated rings. The van der Waals surface area contributed by atoms with Crippen molar-refractivity contribution in [3.05, 3.63) is 0 Å². The van der Waals surface area contributed by atoms with Crippen LogP contribution >= 0.6 is 15.6 Å². The van der Waals surface area contributed by atoms with Gasteiger partial charge in [-0.15, -0.1) is 0 Å². The van der Waals surface area contributed by atoms with E-state index in [2.05, 4.69) is 9.05 Å². The van der Waals surface area contributed by atoms with E-state index in [0.717, 1.165) is 0 Å². The number of rotatable bonds is 2. The number of phosphoric acid groups is 2. The second-order valence-corrected chi connectivity index (χ2v) is 3.74. The third-order valence-corrected chi connectivity index (χ3v) is 1.16. The first-order chi connectivity index (χ1) is 5.10. The van der Waals surface area contributed by atoms with Crippen molar-refractivity contribution in [2.24, 2.45) is 0 Å². The van der Waals surface area contributed by atoms with Crippen molar-refractivity contribution in [3.8, 4) is 0 Å². The molecule has 0 bridgehead atoms. The van der Waals surface area contributed by atoms with Crippen molar-refractivity contribution in [1.82, 2.24) is 0 Å². The van der Waals surface area contributed by atoms with Crippen molar-refractivity contribution < 1.29 is 75.5 Å². The molecule has 96 valence electrons. The quantitative estimate of drug-likeness (QED) is 0.312. The minimum atomic E-state index is -5.13. The Kier molecular flexibility index (Phi) is 24.5. The van der Waals surface area contributed by atoms with Crippen LogP contribution in [0.15, 0.2) is 0 Å². The molecule has 0 aromatic heterocycles. The third-order valence-electron chi connectivity index (χ3n) is 0.387. The largest absolute Gasteiger partial charge is 0 e. The molecule has 0 saturated carbocycles. The molecule has 15 heteroatoms. The summed E-state index contributed by atoms with van der Waals surface area (Å²) in [6, 6.07) is 0. The van der Waals surface area contributed by atoms with E-state index in [1.54, 1.807) is 0 Å². The smallest absolute Gasteiger partial charge is 0 e. The molecule has 4 N–H and O–H groups in total. The maximum absolute atomic E-state index is 10.0. The van der Waals surface area contributed by atoms with Crippen LogP contribution in [0.3, 0.4) is 0 Å². The molecule has 0 atom stereocenters. The number of carbonyl (C=O) groups is 1. The average molecular weight is 387 g/mol. The molecule has 16 heavy (non-hydrogen) atoms. The van der Waals surface area contributed by atoms with Crippen LogP contribution in [0, 0.1) is 0 Å². The zero-order chi connectivity index (χ0) is 9.99. The topological polar surface area (TPSA) is 151 Å². The van der Waals surface area contributed by atoms with E-state index >= 15 is 0 Å². The number of hydrogen-bond acceptors (Lipinski definition) is 5. The minimum absolute atomic E-state index is 0. The maximum atomic E-state index is 10.0. The Balaban J connectivity index is -0.000000101. The van der Waals surface area contributed by atoms with Gasteiger partial charge in [0, 0.05) is 33.0 Å². The number of hydrogen-bond donors (Lipinski definition) is 4. The fourth-order valence-electron chi connectivity index (χ4n) is 0.211. The van der Waals surface area contributed by atoms with Crippen LogP contribution in [0.5, 0.6) is 0 Å². The summed E-state index contributed by atoms with van der Waals surface area (Å²) in [6.45, 7) is 0. The summed E-state index contributed by atoms with van der Waals surface area (Å²) in [5, 5.41) is 0. The maximum Gasteiger partial charge on any atom is 0 e. The number of carbonyl (C=O) groups excluding carboxylic acids is 1. The van der Waals surface area contributed by atoms with Gasteiger partial charge in [0.15, 0.2) is 0 Å². The Morgan fingerprint density at radius 1 is 0.812 bits per heavy atom. The summed E-state index contributed by atoms with van der Waals surface area (Å²) >= 11 is 0. The van der Waals surface area contributed by atoms with Gasteiger partial charge in [0.2, 0.25) is 0 Å². The Morgan fingerprint density at radius 3 is 1.12 bits per heavy atom. The zero-order valence-electron chi connectivity index (χ0n) is 5.86. The van der Waals surface area contributed by atoms with Crippen LogP contribution in [0.1, 0.15) is 0 Å².